The number of hydrogen-bond acceptors (Lipinski definition) is 10. The SMILES string of the molecule is CN(CCO)CCOCCOCCOCCOCCOCCOCCOCCO. The topological polar surface area (TPSA) is 108 Å². The van der Waals surface area contributed by atoms with Crippen LogP contribution in [0.5, 0.6) is 0 Å². The second-order valence-electron chi connectivity index (χ2n) is 6.04. The van der Waals surface area contributed by atoms with E-state index in [0.717, 1.165) is 6.54 Å². The van der Waals surface area contributed by atoms with Gasteiger partial charge in [0.25, 0.3) is 0 Å². The smallest absolute Gasteiger partial charge is 0.0701 e. The maximum atomic E-state index is 8.77. The second kappa shape index (κ2) is 25.6. The fourth-order valence-corrected chi connectivity index (χ4v) is 1.99. The van der Waals surface area contributed by atoms with Gasteiger partial charge in [-0.3, -0.25) is 0 Å². The average molecular weight is 428 g/mol. The van der Waals surface area contributed by atoms with Crippen LogP contribution < -0.4 is 0 Å². The number of nitrogens with zero attached hydrogens (tertiary/aromatic N) is 1. The number of ether oxygens (including phenoxy) is 7. The minimum Gasteiger partial charge on any atom is -0.395 e. The van der Waals surface area contributed by atoms with Gasteiger partial charge in [0.2, 0.25) is 0 Å². The van der Waals surface area contributed by atoms with E-state index in [1.807, 2.05) is 11.9 Å². The van der Waals surface area contributed by atoms with Crippen molar-refractivity contribution in [1.82, 2.24) is 4.90 Å². The lowest BCUT2D eigenvalue weighted by atomic mass is 10.5. The molecule has 0 aromatic heterocycles. The summed E-state index contributed by atoms with van der Waals surface area (Å²) in [7, 11) is 1.95. The zero-order chi connectivity index (χ0) is 21.3. The highest BCUT2D eigenvalue weighted by Crippen LogP contribution is 1.86. The van der Waals surface area contributed by atoms with Crippen LogP contribution in [-0.2, 0) is 33.2 Å². The third-order valence-corrected chi connectivity index (χ3v) is 3.57. The number of likely N-dealkylation sites (N-methyl/N-ethyl adjacent to an activating group) is 1. The van der Waals surface area contributed by atoms with Crippen molar-refractivity contribution in [1.29, 1.82) is 0 Å². The summed E-state index contributed by atoms with van der Waals surface area (Å²) in [6.45, 7) is 8.85. The molecular weight excluding hydrogens is 386 g/mol. The van der Waals surface area contributed by atoms with Crippen molar-refractivity contribution in [3.8, 4) is 0 Å². The Morgan fingerprint density at radius 3 is 1.03 bits per heavy atom. The van der Waals surface area contributed by atoms with Gasteiger partial charge >= 0.3 is 0 Å². The molecular formula is C19H41NO9. The Labute approximate surface area is 174 Å². The molecule has 0 aromatic carbocycles. The molecule has 0 bridgehead atoms. The number of aliphatic hydroxyl groups is 2. The molecule has 0 radical (unpaired) electrons. The first-order valence-corrected chi connectivity index (χ1v) is 10.3. The molecule has 0 amide bonds. The van der Waals surface area contributed by atoms with Gasteiger partial charge in [-0.05, 0) is 7.05 Å². The van der Waals surface area contributed by atoms with Crippen LogP contribution in [0.15, 0.2) is 0 Å². The highest BCUT2D eigenvalue weighted by atomic mass is 16.6. The molecule has 0 aliphatic heterocycles. The zero-order valence-electron chi connectivity index (χ0n) is 17.9. The van der Waals surface area contributed by atoms with Gasteiger partial charge in [-0.15, -0.1) is 0 Å². The highest BCUT2D eigenvalue weighted by Gasteiger charge is 1.97. The van der Waals surface area contributed by atoms with E-state index in [0.29, 0.717) is 99.0 Å². The van der Waals surface area contributed by atoms with E-state index in [9.17, 15) is 0 Å². The number of hydrogen-bond donors (Lipinski definition) is 2. The predicted octanol–water partition coefficient (Wildman–Crippen LogP) is -0.981. The fourth-order valence-electron chi connectivity index (χ4n) is 1.99. The summed E-state index contributed by atoms with van der Waals surface area (Å²) in [5, 5.41) is 17.3. The van der Waals surface area contributed by atoms with Crippen LogP contribution in [0.3, 0.4) is 0 Å². The van der Waals surface area contributed by atoms with Crippen LogP contribution >= 0.6 is 0 Å². The summed E-state index contributed by atoms with van der Waals surface area (Å²) in [5.41, 5.74) is 0. The molecule has 0 heterocycles. The predicted molar refractivity (Wildman–Crippen MR) is 107 cm³/mol. The van der Waals surface area contributed by atoms with Gasteiger partial charge < -0.3 is 48.3 Å². The van der Waals surface area contributed by atoms with Crippen molar-refractivity contribution >= 4 is 0 Å². The highest BCUT2D eigenvalue weighted by molar-refractivity contribution is 4.48. The van der Waals surface area contributed by atoms with E-state index in [1.54, 1.807) is 0 Å². The zero-order valence-corrected chi connectivity index (χ0v) is 17.9. The van der Waals surface area contributed by atoms with E-state index in [1.165, 1.54) is 0 Å². The van der Waals surface area contributed by atoms with Crippen molar-refractivity contribution in [3.63, 3.8) is 0 Å². The molecule has 176 valence electrons. The average Bonchev–Trinajstić information content (AvgIpc) is 2.72. The lowest BCUT2D eigenvalue weighted by molar-refractivity contribution is -0.0218. The van der Waals surface area contributed by atoms with E-state index in [-0.39, 0.29) is 13.2 Å². The Bertz CT molecular complexity index is 301. The van der Waals surface area contributed by atoms with Gasteiger partial charge in [0.1, 0.15) is 0 Å². The molecule has 10 nitrogen and oxygen atoms in total. The molecule has 10 heteroatoms. The molecule has 0 spiro atoms. The third-order valence-electron chi connectivity index (χ3n) is 3.57. The maximum Gasteiger partial charge on any atom is 0.0701 e. The Morgan fingerprint density at radius 2 is 0.724 bits per heavy atom. The van der Waals surface area contributed by atoms with E-state index >= 15 is 0 Å². The first-order valence-electron chi connectivity index (χ1n) is 10.3. The molecule has 0 saturated heterocycles. The number of rotatable bonds is 25. The van der Waals surface area contributed by atoms with Crippen LogP contribution in [0.25, 0.3) is 0 Å². The summed E-state index contributed by atoms with van der Waals surface area (Å²) in [6, 6.07) is 0. The van der Waals surface area contributed by atoms with Crippen molar-refractivity contribution < 1.29 is 43.4 Å². The molecule has 0 unspecified atom stereocenters. The van der Waals surface area contributed by atoms with E-state index < -0.39 is 0 Å². The first kappa shape index (κ1) is 28.6. The van der Waals surface area contributed by atoms with Crippen LogP contribution in [0.2, 0.25) is 0 Å². The van der Waals surface area contributed by atoms with Crippen LogP contribution in [-0.4, -0.2) is 141 Å². The maximum absolute atomic E-state index is 8.77. The Balaban J connectivity index is 3.02. The quantitative estimate of drug-likeness (QED) is 0.177. The lowest BCUT2D eigenvalue weighted by Gasteiger charge is -2.14. The first-order chi connectivity index (χ1) is 14.3. The molecule has 2 N–H and O–H groups in total. The van der Waals surface area contributed by atoms with Gasteiger partial charge in [-0.2, -0.15) is 0 Å². The van der Waals surface area contributed by atoms with Gasteiger partial charge in [-0.25, -0.2) is 0 Å². The van der Waals surface area contributed by atoms with E-state index in [4.69, 9.17) is 43.4 Å². The molecule has 0 aliphatic rings. The standard InChI is InChI=1S/C19H41NO9/c1-20(2-4-21)3-6-23-8-10-25-12-14-27-16-18-29-19-17-28-15-13-26-11-9-24-7-5-22/h21-22H,2-19H2,1H3. The van der Waals surface area contributed by atoms with Gasteiger partial charge in [-0.1, -0.05) is 0 Å². The van der Waals surface area contributed by atoms with Crippen LogP contribution in [0, 0.1) is 0 Å². The van der Waals surface area contributed by atoms with E-state index in [2.05, 4.69) is 0 Å². The summed E-state index contributed by atoms with van der Waals surface area (Å²) in [4.78, 5) is 2.01. The van der Waals surface area contributed by atoms with Crippen molar-refractivity contribution in [2.75, 3.05) is 126 Å². The number of aliphatic hydroxyl groups excluding tert-OH is 2. The third kappa shape index (κ3) is 25.6. The molecule has 0 aromatic rings. The minimum atomic E-state index is 0.0312. The molecule has 0 atom stereocenters. The molecule has 29 heavy (non-hydrogen) atoms. The van der Waals surface area contributed by atoms with Crippen molar-refractivity contribution in [2.45, 2.75) is 0 Å². The fraction of sp³-hybridized carbons (Fsp3) is 1.00. The van der Waals surface area contributed by atoms with Crippen molar-refractivity contribution in [3.05, 3.63) is 0 Å². The van der Waals surface area contributed by atoms with Crippen LogP contribution in [0.1, 0.15) is 0 Å². The molecule has 0 rings (SSSR count). The molecule has 0 aliphatic carbocycles. The summed E-state index contributed by atoms with van der Waals surface area (Å²) in [5.74, 6) is 0. The van der Waals surface area contributed by atoms with Crippen LogP contribution in [0.4, 0.5) is 0 Å². The lowest BCUT2D eigenvalue weighted by Crippen LogP contribution is -2.26. The van der Waals surface area contributed by atoms with Crippen molar-refractivity contribution in [2.24, 2.45) is 0 Å². The normalized spacial score (nSPS) is 11.6. The summed E-state index contributed by atoms with van der Waals surface area (Å²) >= 11 is 0. The Morgan fingerprint density at radius 1 is 0.414 bits per heavy atom. The van der Waals surface area contributed by atoms with Gasteiger partial charge in [0.05, 0.1) is 106 Å². The summed E-state index contributed by atoms with van der Waals surface area (Å²) in [6.07, 6.45) is 0. The van der Waals surface area contributed by atoms with Gasteiger partial charge in [0, 0.05) is 13.1 Å². The minimum absolute atomic E-state index is 0.0312. The van der Waals surface area contributed by atoms with Gasteiger partial charge in [0.15, 0.2) is 0 Å². The monoisotopic (exact) mass is 427 g/mol. The molecule has 0 fully saturated rings. The summed E-state index contributed by atoms with van der Waals surface area (Å²) < 4.78 is 37.4. The Hall–Kier alpha value is -0.400. The second-order valence-corrected chi connectivity index (χ2v) is 6.04. The largest absolute Gasteiger partial charge is 0.395 e. The Kier molecular flexibility index (Phi) is 25.3. The molecule has 0 saturated carbocycles.